The predicted octanol–water partition coefficient (Wildman–Crippen LogP) is 0.506. The molecule has 0 aliphatic rings. The topological polar surface area (TPSA) is 56.0 Å². The van der Waals surface area contributed by atoms with Crippen LogP contribution in [0.5, 0.6) is 0 Å². The van der Waals surface area contributed by atoms with Crippen LogP contribution in [0.1, 0.15) is 13.3 Å². The molecule has 1 unspecified atom stereocenters. The Morgan fingerprint density at radius 2 is 2.25 bits per heavy atom. The van der Waals surface area contributed by atoms with Gasteiger partial charge in [0.05, 0.1) is 19.0 Å². The molecule has 0 rings (SSSR count). The fourth-order valence-corrected chi connectivity index (χ4v) is 0.589. The van der Waals surface area contributed by atoms with Gasteiger partial charge in [-0.15, -0.1) is 0 Å². The highest BCUT2D eigenvalue weighted by molar-refractivity contribution is 4.79. The van der Waals surface area contributed by atoms with Gasteiger partial charge < -0.3 is 10.4 Å². The van der Waals surface area contributed by atoms with Gasteiger partial charge in [-0.3, -0.25) is 0 Å². The molecule has 3 nitrogen and oxygen atoms in total. The molecule has 0 amide bonds. The van der Waals surface area contributed by atoms with E-state index in [-0.39, 0.29) is 12.5 Å². The van der Waals surface area contributed by atoms with E-state index in [1.807, 2.05) is 6.07 Å². The summed E-state index contributed by atoms with van der Waals surface area (Å²) in [6, 6.07) is 1.58. The Hall–Kier alpha value is -0.730. The van der Waals surface area contributed by atoms with Crippen molar-refractivity contribution in [3.63, 3.8) is 0 Å². The molecule has 0 saturated carbocycles. The summed E-state index contributed by atoms with van der Waals surface area (Å²) in [6.07, 6.45) is 0.182. The van der Waals surface area contributed by atoms with Crippen molar-refractivity contribution in [1.29, 1.82) is 5.26 Å². The number of halogens is 2. The molecule has 0 saturated heterocycles. The maximum Gasteiger partial charge on any atom is 0.282 e. The minimum Gasteiger partial charge on any atom is -0.390 e. The van der Waals surface area contributed by atoms with Crippen molar-refractivity contribution in [3.05, 3.63) is 0 Å². The number of aliphatic hydroxyl groups is 1. The van der Waals surface area contributed by atoms with E-state index in [4.69, 9.17) is 10.4 Å². The summed E-state index contributed by atoms with van der Waals surface area (Å²) < 4.78 is 24.7. The first-order valence-corrected chi connectivity index (χ1v) is 3.61. The molecule has 0 aliphatic carbocycles. The molecule has 12 heavy (non-hydrogen) atoms. The minimum atomic E-state index is -3.09. The van der Waals surface area contributed by atoms with Crippen LogP contribution in [0.2, 0.25) is 0 Å². The monoisotopic (exact) mass is 178 g/mol. The Balaban J connectivity index is 3.61. The van der Waals surface area contributed by atoms with Crippen molar-refractivity contribution in [2.24, 2.45) is 0 Å². The Labute approximate surface area is 70.0 Å². The molecule has 0 fully saturated rings. The lowest BCUT2D eigenvalue weighted by Gasteiger charge is -2.16. The summed E-state index contributed by atoms with van der Waals surface area (Å²) in [5, 5.41) is 18.8. The van der Waals surface area contributed by atoms with Crippen LogP contribution in [-0.4, -0.2) is 30.2 Å². The fraction of sp³-hybridized carbons (Fsp3) is 0.857. The zero-order valence-corrected chi connectivity index (χ0v) is 6.85. The van der Waals surface area contributed by atoms with Gasteiger partial charge in [-0.2, -0.15) is 5.26 Å². The highest BCUT2D eigenvalue weighted by Gasteiger charge is 2.27. The van der Waals surface area contributed by atoms with Crippen LogP contribution in [0.15, 0.2) is 0 Å². The van der Waals surface area contributed by atoms with Gasteiger partial charge in [-0.05, 0) is 6.92 Å². The van der Waals surface area contributed by atoms with Crippen LogP contribution < -0.4 is 5.32 Å². The average molecular weight is 178 g/mol. The number of rotatable bonds is 5. The van der Waals surface area contributed by atoms with Crippen LogP contribution in [0.4, 0.5) is 8.78 Å². The number of alkyl halides is 2. The Morgan fingerprint density at radius 3 is 2.67 bits per heavy atom. The number of hydrogen-bond acceptors (Lipinski definition) is 3. The first-order valence-electron chi connectivity index (χ1n) is 3.61. The van der Waals surface area contributed by atoms with E-state index < -0.39 is 19.1 Å². The molecule has 0 heterocycles. The Kier molecular flexibility index (Phi) is 4.71. The molecule has 70 valence electrons. The van der Waals surface area contributed by atoms with Crippen LogP contribution in [0.3, 0.4) is 0 Å². The third-order valence-electron chi connectivity index (χ3n) is 1.34. The smallest absolute Gasteiger partial charge is 0.282 e. The lowest BCUT2D eigenvalue weighted by Crippen LogP contribution is -2.39. The molecule has 0 spiro atoms. The third-order valence-corrected chi connectivity index (χ3v) is 1.34. The Bertz CT molecular complexity index is 167. The highest BCUT2D eigenvalue weighted by atomic mass is 19.3. The first kappa shape index (κ1) is 11.3. The van der Waals surface area contributed by atoms with Gasteiger partial charge in [0.15, 0.2) is 0 Å². The second-order valence-corrected chi connectivity index (χ2v) is 2.66. The van der Waals surface area contributed by atoms with E-state index >= 15 is 0 Å². The lowest BCUT2D eigenvalue weighted by atomic mass is 10.2. The van der Waals surface area contributed by atoms with Crippen molar-refractivity contribution < 1.29 is 13.9 Å². The van der Waals surface area contributed by atoms with Gasteiger partial charge >= 0.3 is 0 Å². The normalized spacial score (nSPS) is 13.9. The van der Waals surface area contributed by atoms with Crippen LogP contribution >= 0.6 is 0 Å². The SMILES string of the molecule is CC(CC#N)NCC(F)(F)CO. The summed E-state index contributed by atoms with van der Waals surface area (Å²) >= 11 is 0. The number of nitrogens with one attached hydrogen (secondary N) is 1. The number of nitriles is 1. The fourth-order valence-electron chi connectivity index (χ4n) is 0.589. The molecular weight excluding hydrogens is 166 g/mol. The summed E-state index contributed by atoms with van der Waals surface area (Å²) in [5.41, 5.74) is 0. The maximum absolute atomic E-state index is 12.4. The summed E-state index contributed by atoms with van der Waals surface area (Å²) in [7, 11) is 0. The standard InChI is InChI=1S/C7H12F2N2O/c1-6(2-3-10)11-4-7(8,9)5-12/h6,11-12H,2,4-5H2,1H3. The molecule has 2 N–H and O–H groups in total. The number of hydrogen-bond donors (Lipinski definition) is 2. The largest absolute Gasteiger partial charge is 0.390 e. The summed E-state index contributed by atoms with van der Waals surface area (Å²) in [6.45, 7) is -0.123. The minimum absolute atomic E-state index is 0.182. The first-order chi connectivity index (χ1) is 5.52. The zero-order valence-electron chi connectivity index (χ0n) is 6.85. The molecule has 0 bridgehead atoms. The second kappa shape index (κ2) is 5.01. The number of aliphatic hydroxyl groups excluding tert-OH is 1. The van der Waals surface area contributed by atoms with Crippen LogP contribution in [-0.2, 0) is 0 Å². The predicted molar refractivity (Wildman–Crippen MR) is 39.7 cm³/mol. The molecular formula is C7H12F2N2O. The average Bonchev–Trinajstić information content (AvgIpc) is 2.02. The van der Waals surface area contributed by atoms with Crippen molar-refractivity contribution in [3.8, 4) is 6.07 Å². The van der Waals surface area contributed by atoms with Gasteiger partial charge in [0.2, 0.25) is 0 Å². The molecule has 0 radical (unpaired) electrons. The van der Waals surface area contributed by atoms with Crippen molar-refractivity contribution in [1.82, 2.24) is 5.32 Å². The van der Waals surface area contributed by atoms with Crippen molar-refractivity contribution >= 4 is 0 Å². The highest BCUT2D eigenvalue weighted by Crippen LogP contribution is 2.10. The van der Waals surface area contributed by atoms with E-state index in [1.165, 1.54) is 0 Å². The molecule has 0 aromatic heterocycles. The Morgan fingerprint density at radius 1 is 1.67 bits per heavy atom. The molecule has 0 aromatic carbocycles. The molecule has 0 aromatic rings. The van der Waals surface area contributed by atoms with Gasteiger partial charge in [0.1, 0.15) is 6.61 Å². The van der Waals surface area contributed by atoms with Gasteiger partial charge in [-0.1, -0.05) is 0 Å². The van der Waals surface area contributed by atoms with Crippen molar-refractivity contribution in [2.75, 3.05) is 13.2 Å². The zero-order chi connectivity index (χ0) is 9.61. The maximum atomic E-state index is 12.4. The van der Waals surface area contributed by atoms with Gasteiger partial charge in [0, 0.05) is 6.04 Å². The van der Waals surface area contributed by atoms with E-state index in [0.717, 1.165) is 0 Å². The van der Waals surface area contributed by atoms with E-state index in [2.05, 4.69) is 5.32 Å². The van der Waals surface area contributed by atoms with Gasteiger partial charge in [0.25, 0.3) is 5.92 Å². The van der Waals surface area contributed by atoms with Gasteiger partial charge in [-0.25, -0.2) is 8.78 Å². The van der Waals surface area contributed by atoms with E-state index in [9.17, 15) is 8.78 Å². The number of nitrogens with zero attached hydrogens (tertiary/aromatic N) is 1. The quantitative estimate of drug-likeness (QED) is 0.644. The van der Waals surface area contributed by atoms with Crippen LogP contribution in [0, 0.1) is 11.3 Å². The summed E-state index contributed by atoms with van der Waals surface area (Å²) in [4.78, 5) is 0. The van der Waals surface area contributed by atoms with E-state index in [0.29, 0.717) is 0 Å². The lowest BCUT2D eigenvalue weighted by molar-refractivity contribution is -0.0489. The summed E-state index contributed by atoms with van der Waals surface area (Å²) in [5.74, 6) is -3.09. The molecule has 0 aliphatic heterocycles. The molecule has 5 heteroatoms. The van der Waals surface area contributed by atoms with E-state index in [1.54, 1.807) is 6.92 Å². The molecule has 1 atom stereocenters. The van der Waals surface area contributed by atoms with Crippen LogP contribution in [0.25, 0.3) is 0 Å². The second-order valence-electron chi connectivity index (χ2n) is 2.66. The van der Waals surface area contributed by atoms with Crippen molar-refractivity contribution in [2.45, 2.75) is 25.3 Å². The third kappa shape index (κ3) is 4.99.